The highest BCUT2D eigenvalue weighted by Gasteiger charge is 2.19. The molecule has 0 aromatic carbocycles. The third kappa shape index (κ3) is 3.84. The lowest BCUT2D eigenvalue weighted by Crippen LogP contribution is -2.37. The summed E-state index contributed by atoms with van der Waals surface area (Å²) in [6, 6.07) is 2.01. The van der Waals surface area contributed by atoms with Crippen molar-refractivity contribution in [2.45, 2.75) is 20.8 Å². The van der Waals surface area contributed by atoms with Gasteiger partial charge in [-0.1, -0.05) is 13.8 Å². The lowest BCUT2D eigenvalue weighted by molar-refractivity contribution is 0.384. The number of aromatic nitrogens is 2. The smallest absolute Gasteiger partial charge is 0.133 e. The van der Waals surface area contributed by atoms with Crippen molar-refractivity contribution in [1.82, 2.24) is 9.97 Å². The summed E-state index contributed by atoms with van der Waals surface area (Å²) < 4.78 is 0. The fourth-order valence-corrected chi connectivity index (χ4v) is 1.70. The van der Waals surface area contributed by atoms with E-state index in [-0.39, 0.29) is 5.41 Å². The largest absolute Gasteiger partial charge is 0.360 e. The highest BCUT2D eigenvalue weighted by molar-refractivity contribution is 5.49. The highest BCUT2D eigenvalue weighted by Crippen LogP contribution is 2.20. The molecule has 1 rings (SSSR count). The number of rotatable bonds is 6. The Balaban J connectivity index is 2.83. The second-order valence-corrected chi connectivity index (χ2v) is 5.47. The van der Waals surface area contributed by atoms with Crippen LogP contribution in [0.2, 0.25) is 0 Å². The summed E-state index contributed by atoms with van der Waals surface area (Å²) >= 11 is 0. The Morgan fingerprint density at radius 3 is 2.22 bits per heavy atom. The van der Waals surface area contributed by atoms with Crippen LogP contribution in [0.5, 0.6) is 0 Å². The average molecular weight is 251 g/mol. The first-order valence-corrected chi connectivity index (χ1v) is 6.34. The normalized spacial score (nSPS) is 11.4. The number of nitrogens with two attached hydrogens (primary N) is 1. The molecule has 0 aliphatic carbocycles. The number of nitrogens with zero attached hydrogens (tertiary/aromatic N) is 4. The maximum atomic E-state index is 5.76. The molecule has 0 unspecified atom stereocenters. The van der Waals surface area contributed by atoms with Gasteiger partial charge in [-0.25, -0.2) is 9.97 Å². The second-order valence-electron chi connectivity index (χ2n) is 5.47. The minimum atomic E-state index is 0.0799. The quantitative estimate of drug-likeness (QED) is 0.827. The van der Waals surface area contributed by atoms with Crippen LogP contribution in [0.4, 0.5) is 11.6 Å². The van der Waals surface area contributed by atoms with Crippen molar-refractivity contribution in [3.8, 4) is 0 Å². The van der Waals surface area contributed by atoms with E-state index >= 15 is 0 Å². The van der Waals surface area contributed by atoms with Crippen LogP contribution in [0.1, 0.15) is 20.8 Å². The Labute approximate surface area is 110 Å². The van der Waals surface area contributed by atoms with Gasteiger partial charge in [-0.05, 0) is 18.9 Å². The maximum absolute atomic E-state index is 5.76. The predicted molar refractivity (Wildman–Crippen MR) is 77.1 cm³/mol. The number of hydrogen-bond acceptors (Lipinski definition) is 5. The first kappa shape index (κ1) is 14.7. The topological polar surface area (TPSA) is 58.3 Å². The summed E-state index contributed by atoms with van der Waals surface area (Å²) in [5, 5.41) is 0. The summed E-state index contributed by atoms with van der Waals surface area (Å²) in [6.45, 7) is 8.87. The Morgan fingerprint density at radius 1 is 1.17 bits per heavy atom. The molecule has 2 N–H and O–H groups in total. The van der Waals surface area contributed by atoms with E-state index in [9.17, 15) is 0 Å². The zero-order chi connectivity index (χ0) is 13.8. The molecule has 0 aliphatic rings. The predicted octanol–water partition coefficient (Wildman–Crippen LogP) is 1.35. The van der Waals surface area contributed by atoms with Gasteiger partial charge in [0, 0.05) is 33.3 Å². The molecule has 0 saturated carbocycles. The van der Waals surface area contributed by atoms with Crippen LogP contribution in [0.15, 0.2) is 12.4 Å². The molecule has 102 valence electrons. The van der Waals surface area contributed by atoms with Crippen molar-refractivity contribution in [1.29, 1.82) is 0 Å². The molecule has 0 aliphatic heterocycles. The fourth-order valence-electron chi connectivity index (χ4n) is 1.70. The monoisotopic (exact) mass is 251 g/mol. The second kappa shape index (κ2) is 6.00. The first-order chi connectivity index (χ1) is 8.39. The van der Waals surface area contributed by atoms with Crippen LogP contribution in [0, 0.1) is 5.41 Å². The van der Waals surface area contributed by atoms with Crippen LogP contribution < -0.4 is 15.5 Å². The van der Waals surface area contributed by atoms with Crippen molar-refractivity contribution < 1.29 is 0 Å². The van der Waals surface area contributed by atoms with E-state index in [1.807, 2.05) is 20.2 Å². The van der Waals surface area contributed by atoms with Gasteiger partial charge in [-0.15, -0.1) is 0 Å². The Hall–Kier alpha value is -1.36. The van der Waals surface area contributed by atoms with Crippen LogP contribution >= 0.6 is 0 Å². The minimum absolute atomic E-state index is 0.0799. The van der Waals surface area contributed by atoms with Gasteiger partial charge in [0.25, 0.3) is 0 Å². The SMILES string of the molecule is CCN(C)c1cc(N(C)CC(C)(C)CN)ncn1. The molecule has 0 atom stereocenters. The molecule has 0 fully saturated rings. The van der Waals surface area contributed by atoms with Gasteiger partial charge < -0.3 is 15.5 Å². The Morgan fingerprint density at radius 2 is 1.72 bits per heavy atom. The van der Waals surface area contributed by atoms with E-state index in [4.69, 9.17) is 5.73 Å². The van der Waals surface area contributed by atoms with Crippen LogP contribution in [0.25, 0.3) is 0 Å². The van der Waals surface area contributed by atoms with Crippen molar-refractivity contribution >= 4 is 11.6 Å². The van der Waals surface area contributed by atoms with E-state index in [0.717, 1.165) is 24.7 Å². The van der Waals surface area contributed by atoms with Crippen molar-refractivity contribution in [3.63, 3.8) is 0 Å². The number of anilines is 2. The van der Waals surface area contributed by atoms with Gasteiger partial charge in [0.2, 0.25) is 0 Å². The molecule has 0 spiro atoms. The molecule has 5 nitrogen and oxygen atoms in total. The Bertz CT molecular complexity index is 377. The standard InChI is InChI=1S/C13H25N5/c1-6-17(4)11-7-12(16-10-15-11)18(5)9-13(2,3)8-14/h7,10H,6,8-9,14H2,1-5H3. The zero-order valence-electron chi connectivity index (χ0n) is 12.1. The molecule has 1 aromatic rings. The van der Waals surface area contributed by atoms with Crippen molar-refractivity contribution in [3.05, 3.63) is 12.4 Å². The third-order valence-electron chi connectivity index (χ3n) is 3.11. The molecule has 5 heteroatoms. The van der Waals surface area contributed by atoms with Gasteiger partial charge >= 0.3 is 0 Å². The minimum Gasteiger partial charge on any atom is -0.360 e. The summed E-state index contributed by atoms with van der Waals surface area (Å²) in [7, 11) is 4.06. The van der Waals surface area contributed by atoms with Gasteiger partial charge in [0.1, 0.15) is 18.0 Å². The molecule has 0 amide bonds. The van der Waals surface area contributed by atoms with Crippen LogP contribution in [-0.2, 0) is 0 Å². The van der Waals surface area contributed by atoms with E-state index in [1.165, 1.54) is 0 Å². The van der Waals surface area contributed by atoms with Crippen LogP contribution in [0.3, 0.4) is 0 Å². The zero-order valence-corrected chi connectivity index (χ0v) is 12.1. The summed E-state index contributed by atoms with van der Waals surface area (Å²) in [5.74, 6) is 1.88. The van der Waals surface area contributed by atoms with E-state index in [1.54, 1.807) is 6.33 Å². The third-order valence-corrected chi connectivity index (χ3v) is 3.11. The molecule has 1 heterocycles. The van der Waals surface area contributed by atoms with Gasteiger partial charge in [-0.2, -0.15) is 0 Å². The van der Waals surface area contributed by atoms with Gasteiger partial charge in [0.15, 0.2) is 0 Å². The fraction of sp³-hybridized carbons (Fsp3) is 0.692. The molecule has 0 saturated heterocycles. The average Bonchev–Trinajstić information content (AvgIpc) is 2.37. The maximum Gasteiger partial charge on any atom is 0.133 e. The summed E-state index contributed by atoms with van der Waals surface area (Å²) in [5.41, 5.74) is 5.84. The van der Waals surface area contributed by atoms with Gasteiger partial charge in [0.05, 0.1) is 0 Å². The first-order valence-electron chi connectivity index (χ1n) is 6.34. The van der Waals surface area contributed by atoms with E-state index in [0.29, 0.717) is 6.54 Å². The number of hydrogen-bond donors (Lipinski definition) is 1. The molecular weight excluding hydrogens is 226 g/mol. The molecule has 0 radical (unpaired) electrons. The van der Waals surface area contributed by atoms with E-state index < -0.39 is 0 Å². The van der Waals surface area contributed by atoms with Gasteiger partial charge in [-0.3, -0.25) is 0 Å². The summed E-state index contributed by atoms with van der Waals surface area (Å²) in [4.78, 5) is 12.8. The lowest BCUT2D eigenvalue weighted by Gasteiger charge is -2.30. The highest BCUT2D eigenvalue weighted by atomic mass is 15.2. The van der Waals surface area contributed by atoms with Crippen molar-refractivity contribution in [2.24, 2.45) is 11.1 Å². The Kier molecular flexibility index (Phi) is 4.90. The molecule has 18 heavy (non-hydrogen) atoms. The molecule has 1 aromatic heterocycles. The molecular formula is C13H25N5. The molecule has 0 bridgehead atoms. The van der Waals surface area contributed by atoms with Crippen LogP contribution in [-0.4, -0.2) is 43.7 Å². The van der Waals surface area contributed by atoms with E-state index in [2.05, 4.69) is 40.5 Å². The van der Waals surface area contributed by atoms with Crippen molar-refractivity contribution in [2.75, 3.05) is 43.5 Å². The summed E-state index contributed by atoms with van der Waals surface area (Å²) in [6.07, 6.45) is 1.61. The lowest BCUT2D eigenvalue weighted by atomic mass is 9.93.